The molecule has 5 heterocycles. The van der Waals surface area contributed by atoms with E-state index < -0.39 is 30.9 Å². The van der Waals surface area contributed by atoms with Gasteiger partial charge < -0.3 is 40.2 Å². The molecule has 0 aliphatic carbocycles. The summed E-state index contributed by atoms with van der Waals surface area (Å²) in [6, 6.07) is 11.1. The smallest absolute Gasteiger partial charge is 0.229 e. The van der Waals surface area contributed by atoms with Gasteiger partial charge in [0.25, 0.3) is 0 Å². The maximum Gasteiger partial charge on any atom is 0.229 e. The highest BCUT2D eigenvalue weighted by atomic mass is 79.9. The summed E-state index contributed by atoms with van der Waals surface area (Å²) in [5, 5.41) is 20.0. The van der Waals surface area contributed by atoms with Crippen LogP contribution in [0.5, 0.6) is 5.75 Å². The zero-order valence-corrected chi connectivity index (χ0v) is 38.5. The van der Waals surface area contributed by atoms with Gasteiger partial charge in [0.1, 0.15) is 42.1 Å². The summed E-state index contributed by atoms with van der Waals surface area (Å²) in [6.07, 6.45) is 7.33. The molecule has 3 fully saturated rings. The molecule has 3 saturated heterocycles. The van der Waals surface area contributed by atoms with Crippen molar-refractivity contribution in [3.05, 3.63) is 87.8 Å². The number of anilines is 5. The fourth-order valence-electron chi connectivity index (χ4n) is 9.22. The van der Waals surface area contributed by atoms with E-state index in [0.29, 0.717) is 68.6 Å². The lowest BCUT2D eigenvalue weighted by Gasteiger charge is -2.43. The number of nitrogens with one attached hydrogen (secondary N) is 3. The Morgan fingerprint density at radius 2 is 1.68 bits per heavy atom. The van der Waals surface area contributed by atoms with Crippen LogP contribution in [-0.2, 0) is 22.2 Å². The Balaban J connectivity index is 0.867. The first kappa shape index (κ1) is 44.8. The number of nitrogens with zero attached hydrogens (tertiary/aromatic N) is 7. The van der Waals surface area contributed by atoms with E-state index in [1.54, 1.807) is 39.0 Å². The number of carbonyl (C=O) groups is 1. The van der Waals surface area contributed by atoms with Crippen molar-refractivity contribution < 1.29 is 28.0 Å². The molecule has 8 rings (SSSR count). The van der Waals surface area contributed by atoms with Crippen LogP contribution in [0.4, 0.5) is 37.6 Å². The van der Waals surface area contributed by atoms with Crippen molar-refractivity contribution in [1.29, 1.82) is 0 Å². The Morgan fingerprint density at radius 1 is 0.952 bits per heavy atom. The number of methoxy groups -OCH3 is 1. The van der Waals surface area contributed by atoms with Crippen molar-refractivity contribution in [1.82, 2.24) is 35.1 Å². The SMILES string of the molecule is CCc1cc(Nc2ncc(Br)c(Nc3ccc4nccnc4c3P(C)(C)=O)n2)c(OC)cc1N1CCC(N2CCN(CCc3cc(F)c(C4CCC(=O)NC4O)c(F)c3)CC2)CC1. The number of aromatic nitrogens is 4. The lowest BCUT2D eigenvalue weighted by molar-refractivity contribution is -0.127. The van der Waals surface area contributed by atoms with Gasteiger partial charge in [0.2, 0.25) is 11.9 Å². The van der Waals surface area contributed by atoms with Gasteiger partial charge in [-0.2, -0.15) is 4.98 Å². The van der Waals surface area contributed by atoms with Gasteiger partial charge >= 0.3 is 0 Å². The third kappa shape index (κ3) is 9.97. The standard InChI is InChI=1S/C45H54BrF2N10O4P/c1-5-28-24-36(53-45-51-26-31(46)43(55-45)52-35-8-7-34-41(50-14-13-49-34)42(35)63(3,4)61)38(62-2)25-37(28)58-16-11-29(12-17-58)57-20-18-56(19-21-57)15-10-27-22-32(47)40(33(48)23-27)30-6-9-39(59)54-44(30)60/h7-8,13-14,22-26,29-30,44,60H,5-6,9-12,15-21H2,1-4H3,(H,54,59)(H2,51,52,53,55). The predicted molar refractivity (Wildman–Crippen MR) is 247 cm³/mol. The number of piperazine rings is 1. The number of carbonyl (C=O) groups excluding carboxylic acids is 1. The normalized spacial score (nSPS) is 19.3. The molecule has 0 spiro atoms. The number of hydrogen-bond donors (Lipinski definition) is 4. The average molecular weight is 948 g/mol. The average Bonchev–Trinajstić information content (AvgIpc) is 3.27. The van der Waals surface area contributed by atoms with E-state index >= 15 is 8.78 Å². The molecule has 0 radical (unpaired) electrons. The molecule has 3 aliphatic rings. The summed E-state index contributed by atoms with van der Waals surface area (Å²) in [5.41, 5.74) is 5.39. The van der Waals surface area contributed by atoms with Gasteiger partial charge in [0, 0.05) is 100 Å². The summed E-state index contributed by atoms with van der Waals surface area (Å²) in [6.45, 7) is 11.8. The quantitative estimate of drug-likeness (QED) is 0.0904. The maximum absolute atomic E-state index is 15.1. The minimum absolute atomic E-state index is 0.124. The van der Waals surface area contributed by atoms with E-state index in [9.17, 15) is 14.5 Å². The molecule has 63 heavy (non-hydrogen) atoms. The molecule has 3 aliphatic heterocycles. The number of rotatable bonds is 13. The molecule has 1 amide bonds. The highest BCUT2D eigenvalue weighted by molar-refractivity contribution is 9.10. The number of halogens is 3. The van der Waals surface area contributed by atoms with Crippen LogP contribution in [0.3, 0.4) is 0 Å². The summed E-state index contributed by atoms with van der Waals surface area (Å²) in [5.74, 6) is -0.937. The van der Waals surface area contributed by atoms with E-state index in [0.717, 1.165) is 69.9 Å². The number of aliphatic hydroxyl groups is 1. The van der Waals surface area contributed by atoms with Gasteiger partial charge in [-0.3, -0.25) is 19.7 Å². The van der Waals surface area contributed by atoms with Crippen molar-refractivity contribution >= 4 is 74.1 Å². The van der Waals surface area contributed by atoms with Crippen molar-refractivity contribution in [2.45, 2.75) is 63.6 Å². The number of fused-ring (bicyclic) bond motifs is 1. The fraction of sp³-hybridized carbons (Fsp3) is 0.444. The second-order valence-electron chi connectivity index (χ2n) is 16.9. The topological polar surface area (TPSA) is 161 Å². The molecule has 334 valence electrons. The third-order valence-corrected chi connectivity index (χ3v) is 14.6. The Labute approximate surface area is 374 Å². The van der Waals surface area contributed by atoms with Gasteiger partial charge in [-0.25, -0.2) is 13.8 Å². The van der Waals surface area contributed by atoms with Gasteiger partial charge in [0.15, 0.2) is 0 Å². The van der Waals surface area contributed by atoms with Gasteiger partial charge in [-0.15, -0.1) is 0 Å². The molecule has 2 atom stereocenters. The Bertz CT molecular complexity index is 2510. The van der Waals surface area contributed by atoms with Crippen LogP contribution in [0.25, 0.3) is 11.0 Å². The van der Waals surface area contributed by atoms with Gasteiger partial charge in [-0.1, -0.05) is 6.92 Å². The predicted octanol–water partition coefficient (Wildman–Crippen LogP) is 6.91. The summed E-state index contributed by atoms with van der Waals surface area (Å²) in [4.78, 5) is 37.2. The van der Waals surface area contributed by atoms with Crippen molar-refractivity contribution in [2.24, 2.45) is 0 Å². The summed E-state index contributed by atoms with van der Waals surface area (Å²) >= 11 is 3.59. The lowest BCUT2D eigenvalue weighted by atomic mass is 9.88. The summed E-state index contributed by atoms with van der Waals surface area (Å²) < 4.78 is 50.4. The number of benzene rings is 3. The van der Waals surface area contributed by atoms with E-state index in [-0.39, 0.29) is 24.3 Å². The van der Waals surface area contributed by atoms with Crippen molar-refractivity contribution in [3.63, 3.8) is 0 Å². The number of hydrogen-bond acceptors (Lipinski definition) is 13. The minimum atomic E-state index is -2.78. The van der Waals surface area contributed by atoms with E-state index in [4.69, 9.17) is 9.72 Å². The van der Waals surface area contributed by atoms with E-state index in [2.05, 4.69) is 80.6 Å². The highest BCUT2D eigenvalue weighted by Gasteiger charge is 2.33. The van der Waals surface area contributed by atoms with Crippen LogP contribution >= 0.6 is 23.1 Å². The number of aliphatic hydroxyl groups excluding tert-OH is 1. The first-order valence-electron chi connectivity index (χ1n) is 21.5. The van der Waals surface area contributed by atoms with Gasteiger partial charge in [0.05, 0.1) is 33.8 Å². The number of piperidine rings is 2. The number of aryl methyl sites for hydroxylation is 1. The first-order valence-corrected chi connectivity index (χ1v) is 24.9. The van der Waals surface area contributed by atoms with E-state index in [1.165, 1.54) is 17.7 Å². The molecule has 2 unspecified atom stereocenters. The molecular weight excluding hydrogens is 893 g/mol. The zero-order chi connectivity index (χ0) is 44.4. The van der Waals surface area contributed by atoms with Gasteiger partial charge in [-0.05, 0) is 103 Å². The van der Waals surface area contributed by atoms with Crippen LogP contribution in [-0.4, -0.2) is 119 Å². The van der Waals surface area contributed by atoms with E-state index in [1.807, 2.05) is 12.1 Å². The Hall–Kier alpha value is -4.80. The molecule has 0 saturated carbocycles. The monoisotopic (exact) mass is 946 g/mol. The molecule has 3 aromatic carbocycles. The third-order valence-electron chi connectivity index (χ3n) is 12.5. The first-order chi connectivity index (χ1) is 30.3. The molecule has 18 heteroatoms. The number of ether oxygens (including phenoxy) is 1. The van der Waals surface area contributed by atoms with Crippen LogP contribution in [0.15, 0.2) is 59.5 Å². The summed E-state index contributed by atoms with van der Waals surface area (Å²) in [7, 11) is -1.12. The molecule has 0 bridgehead atoms. The van der Waals surface area contributed by atoms with Crippen molar-refractivity contribution in [2.75, 3.05) is 81.8 Å². The van der Waals surface area contributed by atoms with Crippen LogP contribution in [0, 0.1) is 11.6 Å². The molecule has 5 aromatic rings. The van der Waals surface area contributed by atoms with Crippen LogP contribution in [0.1, 0.15) is 55.2 Å². The second kappa shape index (κ2) is 19.1. The highest BCUT2D eigenvalue weighted by Crippen LogP contribution is 2.42. The van der Waals surface area contributed by atoms with Crippen molar-refractivity contribution in [3.8, 4) is 5.75 Å². The zero-order valence-electron chi connectivity index (χ0n) is 36.0. The Kier molecular flexibility index (Phi) is 13.6. The lowest BCUT2D eigenvalue weighted by Crippen LogP contribution is -2.53. The second-order valence-corrected chi connectivity index (χ2v) is 20.9. The van der Waals surface area contributed by atoms with Crippen LogP contribution < -0.4 is 30.9 Å². The number of amides is 1. The molecule has 14 nitrogen and oxygen atoms in total. The minimum Gasteiger partial charge on any atom is -0.494 e. The molecular formula is C45H54BrF2N10O4P. The molecule has 4 N–H and O–H groups in total. The maximum atomic E-state index is 15.1. The molecule has 2 aromatic heterocycles. The Morgan fingerprint density at radius 3 is 2.37 bits per heavy atom. The fourth-order valence-corrected chi connectivity index (χ4v) is 10.9. The van der Waals surface area contributed by atoms with Crippen LogP contribution in [0.2, 0.25) is 0 Å². The largest absolute Gasteiger partial charge is 0.494 e.